The molecule has 2 bridgehead atoms. The molecule has 1 saturated carbocycles. The van der Waals surface area contributed by atoms with E-state index in [0.29, 0.717) is 35.8 Å². The molecular formula is C20H25NO4. The van der Waals surface area contributed by atoms with Crippen LogP contribution in [0.15, 0.2) is 12.1 Å². The number of likely N-dealkylation sites (N-methyl/N-ethyl adjacent to an activating group) is 1. The smallest absolute Gasteiger partial charge is 0.298 e. The minimum absolute atomic E-state index is 0.138. The van der Waals surface area contributed by atoms with E-state index in [2.05, 4.69) is 24.9 Å². The van der Waals surface area contributed by atoms with Crippen LogP contribution in [0.25, 0.3) is 0 Å². The summed E-state index contributed by atoms with van der Waals surface area (Å²) in [6.45, 7) is 3.72. The summed E-state index contributed by atoms with van der Waals surface area (Å²) in [6, 6.07) is 4.43. The number of nitrogens with zero attached hydrogens (tertiary/aromatic N) is 1. The Morgan fingerprint density at radius 3 is 3.08 bits per heavy atom. The lowest BCUT2D eigenvalue weighted by atomic mass is 9.48. The van der Waals surface area contributed by atoms with Crippen LogP contribution < -0.4 is 9.47 Å². The van der Waals surface area contributed by atoms with Gasteiger partial charge in [-0.3, -0.25) is 4.79 Å². The van der Waals surface area contributed by atoms with Crippen molar-refractivity contribution in [1.29, 1.82) is 0 Å². The third kappa shape index (κ3) is 1.78. The van der Waals surface area contributed by atoms with E-state index in [1.54, 1.807) is 0 Å². The van der Waals surface area contributed by atoms with Crippen molar-refractivity contribution in [3.8, 4) is 11.5 Å². The van der Waals surface area contributed by atoms with Gasteiger partial charge in [0.1, 0.15) is 6.10 Å². The fourth-order valence-corrected chi connectivity index (χ4v) is 6.52. The number of piperidine rings is 1. The summed E-state index contributed by atoms with van der Waals surface area (Å²) in [7, 11) is 2.23. The van der Waals surface area contributed by atoms with Gasteiger partial charge in [0.05, 0.1) is 6.10 Å². The van der Waals surface area contributed by atoms with Crippen molar-refractivity contribution in [3.63, 3.8) is 0 Å². The highest BCUT2D eigenvalue weighted by atomic mass is 16.6. The number of aliphatic hydroxyl groups is 1. The first-order chi connectivity index (χ1) is 12.1. The molecule has 1 N–H and O–H groups in total. The molecule has 134 valence electrons. The number of benzene rings is 1. The molecule has 5 nitrogen and oxygen atoms in total. The summed E-state index contributed by atoms with van der Waals surface area (Å²) in [5.41, 5.74) is 2.39. The van der Waals surface area contributed by atoms with Crippen LogP contribution in [0.4, 0.5) is 0 Å². The number of carbonyl (C=O) groups is 1. The van der Waals surface area contributed by atoms with E-state index in [1.165, 1.54) is 11.1 Å². The third-order valence-electron chi connectivity index (χ3n) is 7.41. The molecule has 0 aromatic heterocycles. The van der Waals surface area contributed by atoms with E-state index in [4.69, 9.17) is 9.47 Å². The zero-order chi connectivity index (χ0) is 17.3. The molecule has 5 heteroatoms. The van der Waals surface area contributed by atoms with Gasteiger partial charge in [-0.15, -0.1) is 0 Å². The van der Waals surface area contributed by atoms with Crippen LogP contribution in [0.2, 0.25) is 0 Å². The quantitative estimate of drug-likeness (QED) is 0.850. The number of ether oxygens (including phenoxy) is 2. The number of likely N-dealkylation sites (tertiary alicyclic amines) is 1. The summed E-state index contributed by atoms with van der Waals surface area (Å²) >= 11 is 0. The lowest BCUT2D eigenvalue weighted by Crippen LogP contribution is -2.68. The average molecular weight is 343 g/mol. The summed E-state index contributed by atoms with van der Waals surface area (Å²) in [6.07, 6.45) is 3.19. The summed E-state index contributed by atoms with van der Waals surface area (Å²) in [5, 5.41) is 10.9. The first-order valence-corrected chi connectivity index (χ1v) is 9.43. The first-order valence-electron chi connectivity index (χ1n) is 9.43. The van der Waals surface area contributed by atoms with Gasteiger partial charge in [-0.05, 0) is 56.3 Å². The Balaban J connectivity index is 1.77. The molecule has 2 aliphatic heterocycles. The number of hydrogen-bond acceptors (Lipinski definition) is 5. The lowest BCUT2D eigenvalue weighted by Gasteiger charge is -2.61. The van der Waals surface area contributed by atoms with Crippen molar-refractivity contribution >= 4 is 6.47 Å². The zero-order valence-corrected chi connectivity index (χ0v) is 14.8. The maximum absolute atomic E-state index is 10.9. The molecule has 1 aromatic rings. The fourth-order valence-electron chi connectivity index (χ4n) is 6.52. The number of carbonyl (C=O) groups excluding carboxylic acids is 1. The van der Waals surface area contributed by atoms with Crippen LogP contribution in [0.1, 0.15) is 37.3 Å². The monoisotopic (exact) mass is 343 g/mol. The fraction of sp³-hybridized carbons (Fsp3) is 0.650. The molecule has 6 atom stereocenters. The molecule has 1 saturated heterocycles. The Kier molecular flexibility index (Phi) is 3.26. The van der Waals surface area contributed by atoms with Gasteiger partial charge < -0.3 is 19.5 Å². The van der Waals surface area contributed by atoms with Gasteiger partial charge in [-0.2, -0.15) is 0 Å². The van der Waals surface area contributed by atoms with Crippen molar-refractivity contribution in [1.82, 2.24) is 4.90 Å². The SMILES string of the molecule is CC[C@@H]1C[C@H](O)[C@@H]2Oc3c(OC=O)ccc4c3[C@@]23CCN(C)[C@H](C4)[C@H]13. The van der Waals surface area contributed by atoms with E-state index in [1.807, 2.05) is 6.07 Å². The molecule has 1 aromatic carbocycles. The van der Waals surface area contributed by atoms with Crippen molar-refractivity contribution < 1.29 is 19.4 Å². The Labute approximate surface area is 147 Å². The zero-order valence-electron chi connectivity index (χ0n) is 14.8. The Bertz CT molecular complexity index is 735. The van der Waals surface area contributed by atoms with Gasteiger partial charge in [0.25, 0.3) is 6.47 Å². The molecule has 0 radical (unpaired) electrons. The van der Waals surface area contributed by atoms with E-state index in [9.17, 15) is 9.90 Å². The van der Waals surface area contributed by atoms with Gasteiger partial charge in [0, 0.05) is 17.0 Å². The molecule has 1 spiro atoms. The molecule has 25 heavy (non-hydrogen) atoms. The Morgan fingerprint density at radius 2 is 2.32 bits per heavy atom. The van der Waals surface area contributed by atoms with Crippen molar-refractivity contribution in [2.24, 2.45) is 11.8 Å². The highest BCUT2D eigenvalue weighted by Gasteiger charge is 2.67. The van der Waals surface area contributed by atoms with E-state index < -0.39 is 6.10 Å². The number of aliphatic hydroxyl groups excluding tert-OH is 1. The first kappa shape index (κ1) is 15.6. The molecule has 5 rings (SSSR count). The topological polar surface area (TPSA) is 59.0 Å². The van der Waals surface area contributed by atoms with Gasteiger partial charge in [-0.1, -0.05) is 19.4 Å². The second-order valence-electron chi connectivity index (χ2n) is 8.22. The summed E-state index contributed by atoms with van der Waals surface area (Å²) < 4.78 is 11.6. The normalized spacial score (nSPS) is 41.0. The Morgan fingerprint density at radius 1 is 1.48 bits per heavy atom. The molecular weight excluding hydrogens is 318 g/mol. The van der Waals surface area contributed by atoms with Gasteiger partial charge in [-0.25, -0.2) is 0 Å². The molecule has 0 unspecified atom stereocenters. The van der Waals surface area contributed by atoms with Crippen LogP contribution in [0.5, 0.6) is 11.5 Å². The van der Waals surface area contributed by atoms with E-state index in [-0.39, 0.29) is 11.5 Å². The minimum atomic E-state index is -0.465. The van der Waals surface area contributed by atoms with Crippen molar-refractivity contribution in [3.05, 3.63) is 23.3 Å². The second-order valence-corrected chi connectivity index (χ2v) is 8.22. The Hall–Kier alpha value is -1.59. The average Bonchev–Trinajstić information content (AvgIpc) is 2.96. The number of hydrogen-bond donors (Lipinski definition) is 1. The third-order valence-corrected chi connectivity index (χ3v) is 7.41. The maximum Gasteiger partial charge on any atom is 0.298 e. The standard InChI is InChI=1S/C20H25NO4/c1-3-11-9-14(23)19-20-6-7-21(2)13(16(11)20)8-12-4-5-15(24-10-22)18(25-19)17(12)20/h4-5,10-11,13-14,16,19,23H,3,6-9H2,1-2H3/t11-,13-,14+,16+,19+,20+/m1/s1. The van der Waals surface area contributed by atoms with Crippen molar-refractivity contribution in [2.75, 3.05) is 13.6 Å². The predicted octanol–water partition coefficient (Wildman–Crippen LogP) is 1.89. The summed E-state index contributed by atoms with van der Waals surface area (Å²) in [4.78, 5) is 13.4. The largest absolute Gasteiger partial charge is 0.483 e. The van der Waals surface area contributed by atoms with E-state index in [0.717, 1.165) is 32.2 Å². The molecule has 0 amide bonds. The van der Waals surface area contributed by atoms with Crippen LogP contribution >= 0.6 is 0 Å². The second kappa shape index (κ2) is 5.21. The van der Waals surface area contributed by atoms with Gasteiger partial charge >= 0.3 is 0 Å². The van der Waals surface area contributed by atoms with Crippen LogP contribution in [-0.2, 0) is 16.6 Å². The predicted molar refractivity (Wildman–Crippen MR) is 91.9 cm³/mol. The molecule has 4 aliphatic rings. The van der Waals surface area contributed by atoms with Crippen LogP contribution in [-0.4, -0.2) is 48.3 Å². The summed E-state index contributed by atoms with van der Waals surface area (Å²) in [5.74, 6) is 2.19. The van der Waals surface area contributed by atoms with Crippen molar-refractivity contribution in [2.45, 2.75) is 56.3 Å². The molecule has 2 aliphatic carbocycles. The molecule has 2 heterocycles. The highest BCUT2D eigenvalue weighted by molar-refractivity contribution is 5.63. The lowest BCUT2D eigenvalue weighted by molar-refractivity contribution is -0.127. The highest BCUT2D eigenvalue weighted by Crippen LogP contribution is 2.65. The minimum Gasteiger partial charge on any atom is -0.483 e. The van der Waals surface area contributed by atoms with Gasteiger partial charge in [0.15, 0.2) is 11.5 Å². The van der Waals surface area contributed by atoms with Crippen LogP contribution in [0.3, 0.4) is 0 Å². The van der Waals surface area contributed by atoms with E-state index >= 15 is 0 Å². The number of rotatable bonds is 3. The maximum atomic E-state index is 10.9. The van der Waals surface area contributed by atoms with Crippen LogP contribution in [0, 0.1) is 11.8 Å². The molecule has 2 fully saturated rings. The van der Waals surface area contributed by atoms with Gasteiger partial charge in [0.2, 0.25) is 0 Å².